The maximum absolute atomic E-state index is 3.75. The van der Waals surface area contributed by atoms with Crippen molar-refractivity contribution in [1.29, 1.82) is 0 Å². The van der Waals surface area contributed by atoms with Crippen molar-refractivity contribution in [2.24, 2.45) is 0 Å². The monoisotopic (exact) mass is 158 g/mol. The highest BCUT2D eigenvalue weighted by molar-refractivity contribution is 7.09. The van der Waals surface area contributed by atoms with Gasteiger partial charge in [0.25, 0.3) is 0 Å². The van der Waals surface area contributed by atoms with Crippen LogP contribution < -0.4 is 5.32 Å². The van der Waals surface area contributed by atoms with Gasteiger partial charge in [-0.1, -0.05) is 9.59 Å². The Hall–Kier alpha value is -0.710. The Morgan fingerprint density at radius 1 is 1.40 bits per heavy atom. The maximum atomic E-state index is 3.75. The van der Waals surface area contributed by atoms with Crippen molar-refractivity contribution in [3.05, 3.63) is 0 Å². The van der Waals surface area contributed by atoms with Gasteiger partial charge < -0.3 is 5.32 Å². The number of aromatic nitrogens is 3. The molecule has 0 aliphatic rings. The van der Waals surface area contributed by atoms with Crippen LogP contribution in [0.3, 0.4) is 0 Å². The first-order valence-corrected chi connectivity index (χ1v) is 3.78. The molecule has 1 N–H and O–H groups in total. The first-order valence-electron chi connectivity index (χ1n) is 3.01. The van der Waals surface area contributed by atoms with Gasteiger partial charge in [0.2, 0.25) is 5.13 Å². The average Bonchev–Trinajstić information content (AvgIpc) is 2.12. The molecule has 1 aromatic heterocycles. The molecule has 0 aliphatic heterocycles. The highest BCUT2D eigenvalue weighted by atomic mass is 32.1. The van der Waals surface area contributed by atoms with Crippen LogP contribution in [0, 0.1) is 0 Å². The highest BCUT2D eigenvalue weighted by Gasteiger charge is 2.10. The highest BCUT2D eigenvalue weighted by Crippen LogP contribution is 2.12. The Morgan fingerprint density at radius 2 is 2.10 bits per heavy atom. The van der Waals surface area contributed by atoms with E-state index in [1.165, 1.54) is 11.5 Å². The van der Waals surface area contributed by atoms with Gasteiger partial charge in [0.15, 0.2) is 0 Å². The lowest BCUT2D eigenvalue weighted by Crippen LogP contribution is -2.25. The number of nitrogens with one attached hydrogen (secondary N) is 1. The molecule has 0 unspecified atom stereocenters. The second kappa shape index (κ2) is 2.49. The molecule has 10 heavy (non-hydrogen) atoms. The molecule has 0 aromatic carbocycles. The molecule has 1 rings (SSSR count). The van der Waals surface area contributed by atoms with E-state index in [4.69, 9.17) is 0 Å². The van der Waals surface area contributed by atoms with E-state index in [0.29, 0.717) is 0 Å². The van der Waals surface area contributed by atoms with E-state index < -0.39 is 0 Å². The van der Waals surface area contributed by atoms with Gasteiger partial charge in [-0.05, 0) is 26.0 Å². The summed E-state index contributed by atoms with van der Waals surface area (Å²) in [6.07, 6.45) is 0. The predicted octanol–water partition coefficient (Wildman–Crippen LogP) is 1.14. The smallest absolute Gasteiger partial charge is 0.225 e. The molecule has 0 amide bonds. The summed E-state index contributed by atoms with van der Waals surface area (Å²) in [5, 5.41) is 11.1. The van der Waals surface area contributed by atoms with Crippen molar-refractivity contribution in [3.8, 4) is 0 Å². The minimum absolute atomic E-state index is 0.0429. The van der Waals surface area contributed by atoms with E-state index in [9.17, 15) is 0 Å². The first kappa shape index (κ1) is 7.40. The number of hydrogen-bond donors (Lipinski definition) is 1. The molecule has 0 bridgehead atoms. The molecule has 56 valence electrons. The Bertz CT molecular complexity index is 188. The van der Waals surface area contributed by atoms with Gasteiger partial charge in [-0.3, -0.25) is 0 Å². The van der Waals surface area contributed by atoms with Crippen molar-refractivity contribution in [3.63, 3.8) is 0 Å². The van der Waals surface area contributed by atoms with E-state index in [1.54, 1.807) is 0 Å². The summed E-state index contributed by atoms with van der Waals surface area (Å²) in [5.74, 6) is 0. The zero-order valence-corrected chi connectivity index (χ0v) is 7.07. The Labute approximate surface area is 63.8 Å². The van der Waals surface area contributed by atoms with E-state index in [-0.39, 0.29) is 5.54 Å². The average molecular weight is 158 g/mol. The molecule has 0 radical (unpaired) electrons. The number of anilines is 1. The number of rotatable bonds is 1. The summed E-state index contributed by atoms with van der Waals surface area (Å²) >= 11 is 1.27. The summed E-state index contributed by atoms with van der Waals surface area (Å²) < 4.78 is 3.62. The topological polar surface area (TPSA) is 50.7 Å². The van der Waals surface area contributed by atoms with Crippen LogP contribution in [0.25, 0.3) is 0 Å². The normalized spacial score (nSPS) is 11.5. The summed E-state index contributed by atoms with van der Waals surface area (Å²) in [6, 6.07) is 0. The largest absolute Gasteiger partial charge is 0.354 e. The minimum atomic E-state index is 0.0429. The second-order valence-corrected chi connectivity index (χ2v) is 3.78. The third-order valence-corrected chi connectivity index (χ3v) is 1.29. The molecule has 0 fully saturated rings. The molecule has 0 saturated heterocycles. The standard InChI is InChI=1S/C5H10N4S/c1-5(2,3)6-4-7-8-9-10-4/h1-3H3,(H,6,7,9). The van der Waals surface area contributed by atoms with Crippen LogP contribution in [-0.4, -0.2) is 20.3 Å². The molecule has 0 atom stereocenters. The number of hydrogen-bond acceptors (Lipinski definition) is 5. The quantitative estimate of drug-likeness (QED) is 0.666. The zero-order valence-electron chi connectivity index (χ0n) is 6.25. The fraction of sp³-hybridized carbons (Fsp3) is 0.800. The minimum Gasteiger partial charge on any atom is -0.354 e. The van der Waals surface area contributed by atoms with Crippen LogP contribution in [-0.2, 0) is 0 Å². The number of nitrogens with zero attached hydrogens (tertiary/aromatic N) is 3. The van der Waals surface area contributed by atoms with Crippen molar-refractivity contribution >= 4 is 16.7 Å². The van der Waals surface area contributed by atoms with E-state index in [1.807, 2.05) is 0 Å². The Kier molecular flexibility index (Phi) is 1.85. The molecule has 0 aliphatic carbocycles. The van der Waals surface area contributed by atoms with Gasteiger partial charge in [0.05, 0.1) is 0 Å². The molecular weight excluding hydrogens is 148 g/mol. The fourth-order valence-corrected chi connectivity index (χ4v) is 1.08. The lowest BCUT2D eigenvalue weighted by atomic mass is 10.1. The maximum Gasteiger partial charge on any atom is 0.225 e. The summed E-state index contributed by atoms with van der Waals surface area (Å²) in [6.45, 7) is 6.19. The van der Waals surface area contributed by atoms with Crippen LogP contribution in [0.1, 0.15) is 20.8 Å². The van der Waals surface area contributed by atoms with Crippen molar-refractivity contribution in [2.75, 3.05) is 5.32 Å². The van der Waals surface area contributed by atoms with Gasteiger partial charge >= 0.3 is 0 Å². The second-order valence-electron chi connectivity index (χ2n) is 3.04. The third-order valence-electron chi connectivity index (χ3n) is 0.781. The van der Waals surface area contributed by atoms with Gasteiger partial charge in [-0.25, -0.2) is 0 Å². The molecule has 1 aromatic rings. The summed E-state index contributed by atoms with van der Waals surface area (Å²) in [4.78, 5) is 0. The van der Waals surface area contributed by atoms with Crippen LogP contribution in [0.5, 0.6) is 0 Å². The van der Waals surface area contributed by atoms with Gasteiger partial charge in [-0.2, -0.15) is 0 Å². The predicted molar refractivity (Wildman–Crippen MR) is 41.1 cm³/mol. The fourth-order valence-electron chi connectivity index (χ4n) is 0.503. The SMILES string of the molecule is CC(C)(C)Nc1nnns1. The van der Waals surface area contributed by atoms with Crippen LogP contribution in [0.15, 0.2) is 0 Å². The lowest BCUT2D eigenvalue weighted by molar-refractivity contribution is 0.631. The van der Waals surface area contributed by atoms with Crippen molar-refractivity contribution < 1.29 is 0 Å². The van der Waals surface area contributed by atoms with E-state index >= 15 is 0 Å². The van der Waals surface area contributed by atoms with Crippen molar-refractivity contribution in [2.45, 2.75) is 26.3 Å². The Balaban J connectivity index is 2.57. The molecule has 1 heterocycles. The van der Waals surface area contributed by atoms with Gasteiger partial charge in [0.1, 0.15) is 0 Å². The van der Waals surface area contributed by atoms with Crippen LogP contribution >= 0.6 is 11.5 Å². The lowest BCUT2D eigenvalue weighted by Gasteiger charge is -2.18. The molecule has 0 spiro atoms. The van der Waals surface area contributed by atoms with E-state index in [2.05, 4.69) is 40.9 Å². The van der Waals surface area contributed by atoms with E-state index in [0.717, 1.165) is 5.13 Å². The zero-order chi connectivity index (χ0) is 7.61. The Morgan fingerprint density at radius 3 is 2.50 bits per heavy atom. The van der Waals surface area contributed by atoms with Gasteiger partial charge in [0, 0.05) is 17.1 Å². The van der Waals surface area contributed by atoms with Crippen LogP contribution in [0.4, 0.5) is 5.13 Å². The first-order chi connectivity index (χ1) is 4.58. The molecule has 4 nitrogen and oxygen atoms in total. The summed E-state index contributed by atoms with van der Waals surface area (Å²) in [5.41, 5.74) is 0.0429. The molecular formula is C5H10N4S. The third kappa shape index (κ3) is 2.26. The van der Waals surface area contributed by atoms with Gasteiger partial charge in [-0.15, -0.1) is 0 Å². The van der Waals surface area contributed by atoms with Crippen molar-refractivity contribution in [1.82, 2.24) is 14.8 Å². The molecule has 5 heteroatoms. The van der Waals surface area contributed by atoms with Crippen LogP contribution in [0.2, 0.25) is 0 Å². The summed E-state index contributed by atoms with van der Waals surface area (Å²) in [7, 11) is 0. The molecule has 0 saturated carbocycles.